The van der Waals surface area contributed by atoms with Crippen molar-refractivity contribution in [2.75, 3.05) is 32.6 Å². The van der Waals surface area contributed by atoms with Gasteiger partial charge in [-0.1, -0.05) is 0 Å². The molecule has 1 N–H and O–H groups in total. The van der Waals surface area contributed by atoms with Crippen LogP contribution in [-0.4, -0.2) is 49.6 Å². The first-order valence-corrected chi connectivity index (χ1v) is 7.97. The summed E-state index contributed by atoms with van der Waals surface area (Å²) >= 11 is 0. The van der Waals surface area contributed by atoms with E-state index in [0.29, 0.717) is 12.2 Å². The van der Waals surface area contributed by atoms with Gasteiger partial charge in [0.15, 0.2) is 0 Å². The van der Waals surface area contributed by atoms with Gasteiger partial charge < -0.3 is 24.3 Å². The molecule has 0 bridgehead atoms. The number of benzene rings is 1. The minimum atomic E-state index is -0.0290. The van der Waals surface area contributed by atoms with Crippen molar-refractivity contribution in [3.8, 4) is 11.5 Å². The summed E-state index contributed by atoms with van der Waals surface area (Å²) in [6, 6.07) is 9.60. The zero-order valence-electron chi connectivity index (χ0n) is 14.5. The van der Waals surface area contributed by atoms with Crippen molar-refractivity contribution >= 4 is 11.6 Å². The van der Waals surface area contributed by atoms with Gasteiger partial charge in [0.25, 0.3) is 5.91 Å². The second-order valence-corrected chi connectivity index (χ2v) is 6.24. The Hall–Kier alpha value is -2.63. The van der Waals surface area contributed by atoms with E-state index < -0.39 is 0 Å². The summed E-state index contributed by atoms with van der Waals surface area (Å²) in [5.41, 5.74) is 2.59. The molecule has 0 saturated heterocycles. The lowest BCUT2D eigenvalue weighted by molar-refractivity contribution is 0.0822. The first-order chi connectivity index (χ1) is 11.5. The number of aromatic amines is 1. The van der Waals surface area contributed by atoms with Crippen LogP contribution >= 0.6 is 0 Å². The lowest BCUT2D eigenvalue weighted by atomic mass is 10.2. The van der Waals surface area contributed by atoms with E-state index in [9.17, 15) is 4.79 Å². The number of fused-ring (bicyclic) bond motifs is 1. The lowest BCUT2D eigenvalue weighted by Gasteiger charge is -2.35. The predicted molar refractivity (Wildman–Crippen MR) is 92.9 cm³/mol. The minimum Gasteiger partial charge on any atom is -0.497 e. The molecule has 1 aromatic carbocycles. The maximum absolute atomic E-state index is 12.0. The summed E-state index contributed by atoms with van der Waals surface area (Å²) in [4.78, 5) is 19.0. The highest BCUT2D eigenvalue weighted by molar-refractivity contribution is 5.92. The summed E-state index contributed by atoms with van der Waals surface area (Å²) < 4.78 is 11.2. The van der Waals surface area contributed by atoms with E-state index in [2.05, 4.69) is 16.8 Å². The summed E-state index contributed by atoms with van der Waals surface area (Å²) in [5, 5.41) is 0. The summed E-state index contributed by atoms with van der Waals surface area (Å²) in [6.07, 6.45) is 0.101. The highest BCUT2D eigenvalue weighted by Crippen LogP contribution is 2.37. The molecule has 6 nitrogen and oxygen atoms in total. The molecule has 1 aliphatic rings. The fourth-order valence-electron chi connectivity index (χ4n) is 2.89. The Morgan fingerprint density at radius 2 is 2.17 bits per heavy atom. The number of H-pyrrole nitrogens is 1. The number of carbonyl (C=O) groups is 1. The fraction of sp³-hybridized carbons (Fsp3) is 0.389. The Morgan fingerprint density at radius 3 is 2.88 bits per heavy atom. The molecule has 0 radical (unpaired) electrons. The zero-order chi connectivity index (χ0) is 17.3. The van der Waals surface area contributed by atoms with E-state index >= 15 is 0 Å². The Morgan fingerprint density at radius 1 is 1.38 bits per heavy atom. The van der Waals surface area contributed by atoms with E-state index in [1.807, 2.05) is 30.3 Å². The number of carbonyl (C=O) groups excluding carboxylic acids is 1. The van der Waals surface area contributed by atoms with Gasteiger partial charge >= 0.3 is 0 Å². The molecule has 1 atom stereocenters. The topological polar surface area (TPSA) is 57.8 Å². The Balaban J connectivity index is 1.84. The SMILES string of the molecule is COc1ccc2c(c1)N(Cc1ccc(C(=O)N(C)C)[nH]1)CC(C)O2. The number of rotatable bonds is 4. The van der Waals surface area contributed by atoms with Gasteiger partial charge in [-0.25, -0.2) is 0 Å². The van der Waals surface area contributed by atoms with Gasteiger partial charge in [-0.05, 0) is 31.2 Å². The molecule has 1 amide bonds. The van der Waals surface area contributed by atoms with Crippen molar-refractivity contribution in [1.29, 1.82) is 0 Å². The molecular formula is C18H23N3O3. The average molecular weight is 329 g/mol. The molecule has 1 unspecified atom stereocenters. The molecular weight excluding hydrogens is 306 g/mol. The van der Waals surface area contributed by atoms with Crippen LogP contribution in [0.1, 0.15) is 23.1 Å². The van der Waals surface area contributed by atoms with Gasteiger partial charge in [-0.3, -0.25) is 4.79 Å². The Bertz CT molecular complexity index is 739. The molecule has 3 rings (SSSR count). The number of methoxy groups -OCH3 is 1. The van der Waals surface area contributed by atoms with Gasteiger partial charge in [-0.2, -0.15) is 0 Å². The number of nitrogens with zero attached hydrogens (tertiary/aromatic N) is 2. The normalized spacial score (nSPS) is 16.3. The number of hydrogen-bond acceptors (Lipinski definition) is 4. The number of amides is 1. The van der Waals surface area contributed by atoms with E-state index in [0.717, 1.165) is 29.4 Å². The molecule has 6 heteroatoms. The smallest absolute Gasteiger partial charge is 0.269 e. The van der Waals surface area contributed by atoms with Crippen LogP contribution in [0, 0.1) is 0 Å². The van der Waals surface area contributed by atoms with Crippen molar-refractivity contribution in [3.63, 3.8) is 0 Å². The highest BCUT2D eigenvalue weighted by atomic mass is 16.5. The zero-order valence-corrected chi connectivity index (χ0v) is 14.5. The minimum absolute atomic E-state index is 0.0290. The monoisotopic (exact) mass is 329 g/mol. The van der Waals surface area contributed by atoms with Gasteiger partial charge in [-0.15, -0.1) is 0 Å². The van der Waals surface area contributed by atoms with Crippen LogP contribution in [0.4, 0.5) is 5.69 Å². The summed E-state index contributed by atoms with van der Waals surface area (Å²) in [5.74, 6) is 1.62. The predicted octanol–water partition coefficient (Wildman–Crippen LogP) is 2.51. The molecule has 0 spiro atoms. The van der Waals surface area contributed by atoms with Crippen molar-refractivity contribution in [1.82, 2.24) is 9.88 Å². The third-order valence-electron chi connectivity index (χ3n) is 4.06. The van der Waals surface area contributed by atoms with Gasteiger partial charge in [0.2, 0.25) is 0 Å². The molecule has 24 heavy (non-hydrogen) atoms. The van der Waals surface area contributed by atoms with E-state index in [1.54, 1.807) is 26.1 Å². The van der Waals surface area contributed by atoms with E-state index in [4.69, 9.17) is 9.47 Å². The number of ether oxygens (including phenoxy) is 2. The Labute approximate surface area is 142 Å². The van der Waals surface area contributed by atoms with Crippen LogP contribution < -0.4 is 14.4 Å². The second-order valence-electron chi connectivity index (χ2n) is 6.24. The van der Waals surface area contributed by atoms with Gasteiger partial charge in [0.05, 0.1) is 25.9 Å². The number of anilines is 1. The first kappa shape index (κ1) is 16.2. The van der Waals surface area contributed by atoms with Crippen molar-refractivity contribution in [2.24, 2.45) is 0 Å². The standard InChI is InChI=1S/C18H23N3O3/c1-12-10-21(16-9-14(23-4)6-8-17(16)24-12)11-13-5-7-15(19-13)18(22)20(2)3/h5-9,12,19H,10-11H2,1-4H3. The lowest BCUT2D eigenvalue weighted by Crippen LogP contribution is -2.38. The Kier molecular flexibility index (Phi) is 4.38. The molecule has 2 aromatic rings. The van der Waals surface area contributed by atoms with Crippen LogP contribution in [0.2, 0.25) is 0 Å². The highest BCUT2D eigenvalue weighted by Gasteiger charge is 2.24. The molecule has 1 aliphatic heterocycles. The van der Waals surface area contributed by atoms with Gasteiger partial charge in [0.1, 0.15) is 23.3 Å². The average Bonchev–Trinajstić information content (AvgIpc) is 3.02. The number of hydrogen-bond donors (Lipinski definition) is 1. The molecule has 2 heterocycles. The van der Waals surface area contributed by atoms with Crippen LogP contribution in [0.3, 0.4) is 0 Å². The maximum Gasteiger partial charge on any atom is 0.269 e. The van der Waals surface area contributed by atoms with Crippen LogP contribution in [0.15, 0.2) is 30.3 Å². The van der Waals surface area contributed by atoms with Crippen molar-refractivity contribution in [2.45, 2.75) is 19.6 Å². The van der Waals surface area contributed by atoms with Crippen molar-refractivity contribution in [3.05, 3.63) is 41.7 Å². The number of aromatic nitrogens is 1. The third-order valence-corrected chi connectivity index (χ3v) is 4.06. The molecule has 0 aliphatic carbocycles. The van der Waals surface area contributed by atoms with Crippen LogP contribution in [0.25, 0.3) is 0 Å². The molecule has 128 valence electrons. The summed E-state index contributed by atoms with van der Waals surface area (Å²) in [7, 11) is 5.15. The quantitative estimate of drug-likeness (QED) is 0.936. The molecule has 1 aromatic heterocycles. The van der Waals surface area contributed by atoms with Crippen LogP contribution in [0.5, 0.6) is 11.5 Å². The molecule has 0 saturated carbocycles. The van der Waals surface area contributed by atoms with E-state index in [1.165, 1.54) is 0 Å². The largest absolute Gasteiger partial charge is 0.497 e. The van der Waals surface area contributed by atoms with E-state index in [-0.39, 0.29) is 12.0 Å². The third kappa shape index (κ3) is 3.18. The maximum atomic E-state index is 12.0. The summed E-state index contributed by atoms with van der Waals surface area (Å²) in [6.45, 7) is 3.50. The second kappa shape index (κ2) is 6.47. The van der Waals surface area contributed by atoms with Crippen molar-refractivity contribution < 1.29 is 14.3 Å². The van der Waals surface area contributed by atoms with Crippen LogP contribution in [-0.2, 0) is 6.54 Å². The number of nitrogens with one attached hydrogen (secondary N) is 1. The van der Waals surface area contributed by atoms with Gasteiger partial charge in [0, 0.05) is 25.9 Å². The first-order valence-electron chi connectivity index (χ1n) is 7.97. The fourth-order valence-corrected chi connectivity index (χ4v) is 2.89. The molecule has 0 fully saturated rings.